The van der Waals surface area contributed by atoms with Gasteiger partial charge in [-0.2, -0.15) is 0 Å². The molecule has 0 amide bonds. The zero-order valence-corrected chi connectivity index (χ0v) is 45.9. The highest BCUT2D eigenvalue weighted by Crippen LogP contribution is 2.15. The summed E-state index contributed by atoms with van der Waals surface area (Å²) in [4.78, 5) is 38.2. The number of allylic oxidation sites excluding steroid dienone is 20. The van der Waals surface area contributed by atoms with Crippen molar-refractivity contribution in [1.29, 1.82) is 0 Å². The molecule has 402 valence electrons. The van der Waals surface area contributed by atoms with E-state index in [0.29, 0.717) is 19.3 Å². The molecule has 6 nitrogen and oxygen atoms in total. The van der Waals surface area contributed by atoms with Gasteiger partial charge in [-0.25, -0.2) is 0 Å². The fraction of sp³-hybridized carbons (Fsp3) is 0.646. The van der Waals surface area contributed by atoms with Crippen LogP contribution in [0.15, 0.2) is 122 Å². The molecule has 0 heterocycles. The van der Waals surface area contributed by atoms with Crippen LogP contribution in [-0.2, 0) is 28.6 Å². The topological polar surface area (TPSA) is 78.9 Å². The standard InChI is InChI=1S/C65H106O6/c1-4-7-10-13-16-19-22-25-28-29-30-31-32-33-34-35-38-40-43-46-49-52-55-58-64(67)70-61-62(71-65(68)59-56-53-50-47-44-41-37-27-24-21-18-15-12-9-6-3)60-69-63(66)57-54-51-48-45-42-39-36-26-23-20-17-14-11-8-5-2/h7-12,16-21,25-28,30-31,36-37,62H,4-6,13-15,22-24,29,32-35,38-61H2,1-3H3/b10-7-,11-8-,12-9-,19-16-,20-17-,21-18-,28-25-,31-30-,36-26-,37-27-. The normalized spacial score (nSPS) is 13.0. The summed E-state index contributed by atoms with van der Waals surface area (Å²) in [5.41, 5.74) is 0. The maximum Gasteiger partial charge on any atom is 0.306 e. The first-order chi connectivity index (χ1) is 35.0. The summed E-state index contributed by atoms with van der Waals surface area (Å²) in [5.74, 6) is -0.935. The third-order valence-electron chi connectivity index (χ3n) is 11.9. The van der Waals surface area contributed by atoms with Gasteiger partial charge in [0.15, 0.2) is 6.10 Å². The largest absolute Gasteiger partial charge is 0.462 e. The minimum absolute atomic E-state index is 0.0957. The zero-order valence-electron chi connectivity index (χ0n) is 45.9. The lowest BCUT2D eigenvalue weighted by atomic mass is 10.1. The number of rotatable bonds is 51. The molecule has 1 atom stereocenters. The van der Waals surface area contributed by atoms with E-state index in [1.54, 1.807) is 0 Å². The van der Waals surface area contributed by atoms with E-state index in [9.17, 15) is 14.4 Å². The van der Waals surface area contributed by atoms with Crippen LogP contribution in [0.5, 0.6) is 0 Å². The maximum absolute atomic E-state index is 12.9. The lowest BCUT2D eigenvalue weighted by molar-refractivity contribution is -0.167. The van der Waals surface area contributed by atoms with E-state index in [0.717, 1.165) is 161 Å². The van der Waals surface area contributed by atoms with E-state index in [2.05, 4.69) is 142 Å². The van der Waals surface area contributed by atoms with Crippen LogP contribution in [0.25, 0.3) is 0 Å². The van der Waals surface area contributed by atoms with E-state index >= 15 is 0 Å². The Kier molecular flexibility index (Phi) is 54.9. The number of ether oxygens (including phenoxy) is 3. The molecule has 0 rings (SSSR count). The van der Waals surface area contributed by atoms with Gasteiger partial charge in [0, 0.05) is 19.3 Å². The minimum atomic E-state index is -0.800. The van der Waals surface area contributed by atoms with Gasteiger partial charge in [-0.1, -0.05) is 232 Å². The second-order valence-corrected chi connectivity index (χ2v) is 18.8. The predicted octanol–water partition coefficient (Wildman–Crippen LogP) is 19.6. The molecule has 0 aromatic heterocycles. The third-order valence-corrected chi connectivity index (χ3v) is 11.9. The summed E-state index contributed by atoms with van der Waals surface area (Å²) in [6, 6.07) is 0. The molecule has 0 radical (unpaired) electrons. The van der Waals surface area contributed by atoms with Crippen LogP contribution in [0.4, 0.5) is 0 Å². The second-order valence-electron chi connectivity index (χ2n) is 18.8. The van der Waals surface area contributed by atoms with Crippen molar-refractivity contribution in [2.24, 2.45) is 0 Å². The van der Waals surface area contributed by atoms with Crippen molar-refractivity contribution in [1.82, 2.24) is 0 Å². The summed E-state index contributed by atoms with van der Waals surface area (Å²) in [5, 5.41) is 0. The van der Waals surface area contributed by atoms with Gasteiger partial charge in [-0.05, 0) is 122 Å². The van der Waals surface area contributed by atoms with Gasteiger partial charge in [-0.3, -0.25) is 14.4 Å². The Morgan fingerprint density at radius 2 is 0.507 bits per heavy atom. The van der Waals surface area contributed by atoms with Crippen molar-refractivity contribution in [3.05, 3.63) is 122 Å². The van der Waals surface area contributed by atoms with Crippen LogP contribution in [0.2, 0.25) is 0 Å². The van der Waals surface area contributed by atoms with Crippen LogP contribution >= 0.6 is 0 Å². The fourth-order valence-corrected chi connectivity index (χ4v) is 7.70. The second kappa shape index (κ2) is 58.4. The summed E-state index contributed by atoms with van der Waals surface area (Å²) in [7, 11) is 0. The van der Waals surface area contributed by atoms with Gasteiger partial charge < -0.3 is 14.2 Å². The van der Waals surface area contributed by atoms with E-state index < -0.39 is 6.10 Å². The van der Waals surface area contributed by atoms with Crippen molar-refractivity contribution < 1.29 is 28.6 Å². The quantitative estimate of drug-likeness (QED) is 0.0261. The number of hydrogen-bond acceptors (Lipinski definition) is 6. The van der Waals surface area contributed by atoms with Crippen LogP contribution in [-0.4, -0.2) is 37.2 Å². The Morgan fingerprint density at radius 1 is 0.282 bits per heavy atom. The zero-order chi connectivity index (χ0) is 51.4. The molecule has 0 aromatic carbocycles. The van der Waals surface area contributed by atoms with Gasteiger partial charge in [0.1, 0.15) is 13.2 Å². The molecule has 0 aliphatic rings. The van der Waals surface area contributed by atoms with Crippen LogP contribution < -0.4 is 0 Å². The number of esters is 3. The molecule has 0 saturated carbocycles. The summed E-state index contributed by atoms with van der Waals surface area (Å²) in [6.07, 6.45) is 80.5. The molecule has 0 aliphatic carbocycles. The molecule has 0 spiro atoms. The Labute approximate surface area is 437 Å². The number of carbonyl (C=O) groups excluding carboxylic acids is 3. The predicted molar refractivity (Wildman–Crippen MR) is 306 cm³/mol. The summed E-state index contributed by atoms with van der Waals surface area (Å²) >= 11 is 0. The van der Waals surface area contributed by atoms with Crippen molar-refractivity contribution in [3.8, 4) is 0 Å². The Morgan fingerprint density at radius 3 is 0.789 bits per heavy atom. The average molecular weight is 984 g/mol. The van der Waals surface area contributed by atoms with Gasteiger partial charge in [0.2, 0.25) is 0 Å². The molecule has 0 bridgehead atoms. The van der Waals surface area contributed by atoms with Crippen LogP contribution in [0.3, 0.4) is 0 Å². The highest BCUT2D eigenvalue weighted by Gasteiger charge is 2.19. The molecule has 0 aromatic rings. The Hall–Kier alpha value is -4.19. The van der Waals surface area contributed by atoms with Crippen LogP contribution in [0.1, 0.15) is 252 Å². The van der Waals surface area contributed by atoms with Gasteiger partial charge >= 0.3 is 17.9 Å². The molecule has 0 saturated heterocycles. The maximum atomic E-state index is 12.9. The first-order valence-corrected chi connectivity index (χ1v) is 29.0. The molecule has 6 heteroatoms. The van der Waals surface area contributed by atoms with Crippen molar-refractivity contribution >= 4 is 17.9 Å². The third kappa shape index (κ3) is 56.6. The molecule has 0 N–H and O–H groups in total. The smallest absolute Gasteiger partial charge is 0.306 e. The highest BCUT2D eigenvalue weighted by molar-refractivity contribution is 5.71. The van der Waals surface area contributed by atoms with Crippen molar-refractivity contribution in [3.63, 3.8) is 0 Å². The van der Waals surface area contributed by atoms with Gasteiger partial charge in [0.05, 0.1) is 0 Å². The lowest BCUT2D eigenvalue weighted by Crippen LogP contribution is -2.30. The minimum Gasteiger partial charge on any atom is -0.462 e. The average Bonchev–Trinajstić information content (AvgIpc) is 3.37. The lowest BCUT2D eigenvalue weighted by Gasteiger charge is -2.18. The van der Waals surface area contributed by atoms with E-state index in [4.69, 9.17) is 14.2 Å². The SMILES string of the molecule is CC/C=C\C/C=C\C/C=C\C/C=C\CCCCCCCCCCCCC(=O)OCC(COC(=O)CCCCCCC/C=C\C/C=C\C/C=C\CC)OC(=O)CCCCCCC/C=C\C/C=C\C/C=C\CC. The van der Waals surface area contributed by atoms with Crippen molar-refractivity contribution in [2.45, 2.75) is 258 Å². The fourth-order valence-electron chi connectivity index (χ4n) is 7.70. The van der Waals surface area contributed by atoms with Gasteiger partial charge in [-0.15, -0.1) is 0 Å². The molecule has 0 fully saturated rings. The van der Waals surface area contributed by atoms with E-state index in [1.165, 1.54) is 51.4 Å². The number of carbonyl (C=O) groups is 3. The van der Waals surface area contributed by atoms with Crippen LogP contribution in [0, 0.1) is 0 Å². The van der Waals surface area contributed by atoms with E-state index in [1.807, 2.05) is 0 Å². The highest BCUT2D eigenvalue weighted by atomic mass is 16.6. The Balaban J connectivity index is 4.40. The van der Waals surface area contributed by atoms with Gasteiger partial charge in [0.25, 0.3) is 0 Å². The molecule has 71 heavy (non-hydrogen) atoms. The molecule has 1 unspecified atom stereocenters. The number of unbranched alkanes of at least 4 members (excludes halogenated alkanes) is 20. The molecular weight excluding hydrogens is 877 g/mol. The summed E-state index contributed by atoms with van der Waals surface area (Å²) < 4.78 is 16.8. The molecule has 0 aliphatic heterocycles. The van der Waals surface area contributed by atoms with Crippen molar-refractivity contribution in [2.75, 3.05) is 13.2 Å². The van der Waals surface area contributed by atoms with E-state index in [-0.39, 0.29) is 31.1 Å². The molecular formula is C65H106O6. The first kappa shape index (κ1) is 66.8. The number of hydrogen-bond donors (Lipinski definition) is 0. The summed E-state index contributed by atoms with van der Waals surface area (Å²) in [6.45, 7) is 6.27. The first-order valence-electron chi connectivity index (χ1n) is 29.0. The monoisotopic (exact) mass is 983 g/mol. The Bertz CT molecular complexity index is 1500.